The van der Waals surface area contributed by atoms with Crippen LogP contribution in [-0.4, -0.2) is 17.4 Å². The van der Waals surface area contributed by atoms with E-state index in [2.05, 4.69) is 17.6 Å². The fraction of sp³-hybridized carbons (Fsp3) is 0.188. The Morgan fingerprint density at radius 1 is 1.32 bits per heavy atom. The molecule has 96 valence electrons. The van der Waals surface area contributed by atoms with Crippen molar-refractivity contribution in [1.29, 1.82) is 0 Å². The van der Waals surface area contributed by atoms with Crippen LogP contribution in [0.2, 0.25) is 0 Å². The van der Waals surface area contributed by atoms with E-state index in [9.17, 15) is 4.79 Å². The van der Waals surface area contributed by atoms with E-state index in [1.165, 1.54) is 0 Å². The van der Waals surface area contributed by atoms with Crippen molar-refractivity contribution in [3.63, 3.8) is 0 Å². The third-order valence-corrected chi connectivity index (χ3v) is 3.42. The van der Waals surface area contributed by atoms with Crippen LogP contribution in [0.5, 0.6) is 0 Å². The lowest BCUT2D eigenvalue weighted by molar-refractivity contribution is 0.101. The number of nitrogens with one attached hydrogen (secondary N) is 1. The van der Waals surface area contributed by atoms with E-state index in [0.29, 0.717) is 12.3 Å². The number of H-pyrrole nitrogens is 1. The van der Waals surface area contributed by atoms with E-state index in [-0.39, 0.29) is 5.78 Å². The molecular weight excluding hydrogens is 238 g/mol. The van der Waals surface area contributed by atoms with Crippen molar-refractivity contribution < 1.29 is 9.53 Å². The Morgan fingerprint density at radius 3 is 3.00 bits per heavy atom. The molecule has 0 atom stereocenters. The molecule has 0 saturated heterocycles. The van der Waals surface area contributed by atoms with Gasteiger partial charge in [-0.3, -0.25) is 4.79 Å². The van der Waals surface area contributed by atoms with Gasteiger partial charge in [-0.05, 0) is 24.5 Å². The number of para-hydroxylation sites is 1. The Hall–Kier alpha value is -2.29. The molecule has 1 aliphatic carbocycles. The standard InChI is InChI=1S/C16H15NO2/c1-2-9-19-10-11-7-8-13-12-5-3-4-6-14(12)17-15(13)16(11)18/h2-6,10,17H,1,7-9H2/b11-10+. The first-order valence-electron chi connectivity index (χ1n) is 6.37. The zero-order chi connectivity index (χ0) is 13.2. The number of aryl methyl sites for hydroxylation is 1. The fourth-order valence-electron chi connectivity index (χ4n) is 2.52. The predicted octanol–water partition coefficient (Wildman–Crippen LogP) is 3.38. The molecule has 0 spiro atoms. The Bertz CT molecular complexity index is 679. The molecule has 0 unspecified atom stereocenters. The van der Waals surface area contributed by atoms with E-state index >= 15 is 0 Å². The van der Waals surface area contributed by atoms with Gasteiger partial charge in [0.15, 0.2) is 0 Å². The number of Topliss-reactive ketones (excluding diaryl/α,β-unsaturated/α-hetero) is 1. The first-order valence-corrected chi connectivity index (χ1v) is 6.37. The van der Waals surface area contributed by atoms with Gasteiger partial charge in [0.1, 0.15) is 6.61 Å². The van der Waals surface area contributed by atoms with Crippen molar-refractivity contribution in [2.75, 3.05) is 6.61 Å². The summed E-state index contributed by atoms with van der Waals surface area (Å²) < 4.78 is 5.27. The predicted molar refractivity (Wildman–Crippen MR) is 75.2 cm³/mol. The average Bonchev–Trinajstić information content (AvgIpc) is 2.81. The van der Waals surface area contributed by atoms with Gasteiger partial charge < -0.3 is 9.72 Å². The van der Waals surface area contributed by atoms with Gasteiger partial charge in [0.05, 0.1) is 12.0 Å². The van der Waals surface area contributed by atoms with E-state index in [1.807, 2.05) is 18.2 Å². The summed E-state index contributed by atoms with van der Waals surface area (Å²) in [4.78, 5) is 15.6. The molecule has 2 aromatic rings. The molecule has 1 heterocycles. The quantitative estimate of drug-likeness (QED) is 0.394. The van der Waals surface area contributed by atoms with Gasteiger partial charge in [-0.15, -0.1) is 0 Å². The van der Waals surface area contributed by atoms with Crippen molar-refractivity contribution in [3.05, 3.63) is 60.0 Å². The summed E-state index contributed by atoms with van der Waals surface area (Å²) in [6.07, 6.45) is 4.83. The maximum Gasteiger partial charge on any atom is 0.208 e. The number of carbonyl (C=O) groups is 1. The topological polar surface area (TPSA) is 42.1 Å². The van der Waals surface area contributed by atoms with E-state index < -0.39 is 0 Å². The van der Waals surface area contributed by atoms with Crippen LogP contribution in [0, 0.1) is 0 Å². The van der Waals surface area contributed by atoms with Crippen molar-refractivity contribution in [2.45, 2.75) is 12.8 Å². The van der Waals surface area contributed by atoms with Crippen LogP contribution >= 0.6 is 0 Å². The molecule has 3 heteroatoms. The molecule has 1 N–H and O–H groups in total. The highest BCUT2D eigenvalue weighted by Gasteiger charge is 2.25. The fourth-order valence-corrected chi connectivity index (χ4v) is 2.52. The zero-order valence-electron chi connectivity index (χ0n) is 10.6. The number of ether oxygens (including phenoxy) is 1. The number of benzene rings is 1. The molecule has 1 aromatic carbocycles. The molecule has 0 saturated carbocycles. The number of ketones is 1. The highest BCUT2D eigenvalue weighted by molar-refractivity contribution is 6.12. The number of allylic oxidation sites excluding steroid dienone is 1. The Labute approximate surface area is 111 Å². The normalized spacial score (nSPS) is 16.6. The van der Waals surface area contributed by atoms with Crippen LogP contribution in [0.25, 0.3) is 10.9 Å². The highest BCUT2D eigenvalue weighted by Crippen LogP contribution is 2.31. The number of aromatic amines is 1. The molecule has 0 radical (unpaired) electrons. The minimum absolute atomic E-state index is 0.0431. The maximum absolute atomic E-state index is 12.4. The molecule has 3 nitrogen and oxygen atoms in total. The van der Waals surface area contributed by atoms with Crippen molar-refractivity contribution >= 4 is 16.7 Å². The average molecular weight is 253 g/mol. The molecule has 1 aliphatic rings. The van der Waals surface area contributed by atoms with Gasteiger partial charge in [-0.2, -0.15) is 0 Å². The van der Waals surface area contributed by atoms with Gasteiger partial charge in [0.25, 0.3) is 0 Å². The van der Waals surface area contributed by atoms with Gasteiger partial charge in [-0.1, -0.05) is 30.9 Å². The molecule has 0 aliphatic heterocycles. The maximum atomic E-state index is 12.4. The van der Waals surface area contributed by atoms with Gasteiger partial charge in [0.2, 0.25) is 5.78 Å². The van der Waals surface area contributed by atoms with E-state index in [1.54, 1.807) is 12.3 Å². The Kier molecular flexibility index (Phi) is 2.95. The lowest BCUT2D eigenvalue weighted by atomic mass is 9.91. The minimum atomic E-state index is 0.0431. The lowest BCUT2D eigenvalue weighted by Crippen LogP contribution is -2.14. The second kappa shape index (κ2) is 4.76. The number of aromatic nitrogens is 1. The van der Waals surface area contributed by atoms with Crippen LogP contribution in [0.3, 0.4) is 0 Å². The van der Waals surface area contributed by atoms with Crippen molar-refractivity contribution in [1.82, 2.24) is 4.98 Å². The minimum Gasteiger partial charge on any atom is -0.497 e. The highest BCUT2D eigenvalue weighted by atomic mass is 16.5. The van der Waals surface area contributed by atoms with Crippen molar-refractivity contribution in [2.24, 2.45) is 0 Å². The van der Waals surface area contributed by atoms with Crippen LogP contribution in [-0.2, 0) is 11.2 Å². The summed E-state index contributed by atoms with van der Waals surface area (Å²) in [6.45, 7) is 4.01. The van der Waals surface area contributed by atoms with Crippen LogP contribution < -0.4 is 0 Å². The molecule has 0 fully saturated rings. The number of carbonyl (C=O) groups excluding carboxylic acids is 1. The van der Waals surface area contributed by atoms with Gasteiger partial charge in [-0.25, -0.2) is 0 Å². The molecule has 3 rings (SSSR count). The van der Waals surface area contributed by atoms with E-state index in [0.717, 1.165) is 34.9 Å². The van der Waals surface area contributed by atoms with Crippen LogP contribution in [0.4, 0.5) is 0 Å². The SMILES string of the molecule is C=CCO/C=C1\CCc2c([nH]c3ccccc23)C1=O. The summed E-state index contributed by atoms with van der Waals surface area (Å²) in [5, 5.41) is 1.15. The first kappa shape index (κ1) is 11.8. The van der Waals surface area contributed by atoms with Gasteiger partial charge >= 0.3 is 0 Å². The van der Waals surface area contributed by atoms with E-state index in [4.69, 9.17) is 4.74 Å². The second-order valence-electron chi connectivity index (χ2n) is 4.62. The summed E-state index contributed by atoms with van der Waals surface area (Å²) in [6, 6.07) is 8.03. The van der Waals surface area contributed by atoms with Gasteiger partial charge in [0, 0.05) is 16.5 Å². The Morgan fingerprint density at radius 2 is 2.16 bits per heavy atom. The first-order chi connectivity index (χ1) is 9.31. The third kappa shape index (κ3) is 1.97. The Balaban J connectivity index is 2.00. The zero-order valence-corrected chi connectivity index (χ0v) is 10.6. The monoisotopic (exact) mass is 253 g/mol. The van der Waals surface area contributed by atoms with Crippen LogP contribution in [0.1, 0.15) is 22.5 Å². The second-order valence-corrected chi connectivity index (χ2v) is 4.62. The summed E-state index contributed by atoms with van der Waals surface area (Å²) in [7, 11) is 0. The number of hydrogen-bond acceptors (Lipinski definition) is 2. The molecule has 0 amide bonds. The number of rotatable bonds is 3. The van der Waals surface area contributed by atoms with Crippen molar-refractivity contribution in [3.8, 4) is 0 Å². The summed E-state index contributed by atoms with van der Waals surface area (Å²) in [5.41, 5.74) is 3.58. The summed E-state index contributed by atoms with van der Waals surface area (Å²) >= 11 is 0. The summed E-state index contributed by atoms with van der Waals surface area (Å²) in [5.74, 6) is 0.0431. The smallest absolute Gasteiger partial charge is 0.208 e. The largest absolute Gasteiger partial charge is 0.497 e. The molecule has 19 heavy (non-hydrogen) atoms. The number of hydrogen-bond donors (Lipinski definition) is 1. The molecule has 1 aromatic heterocycles. The van der Waals surface area contributed by atoms with Crippen LogP contribution in [0.15, 0.2) is 48.8 Å². The molecular formula is C16H15NO2. The number of fused-ring (bicyclic) bond motifs is 3. The molecule has 0 bridgehead atoms. The lowest BCUT2D eigenvalue weighted by Gasteiger charge is -2.13. The third-order valence-electron chi connectivity index (χ3n) is 3.42.